The third kappa shape index (κ3) is 2.17. The molecular weight excluding hydrogens is 172 g/mol. The van der Waals surface area contributed by atoms with E-state index in [2.05, 4.69) is 45.8 Å². The summed E-state index contributed by atoms with van der Waals surface area (Å²) in [6.07, 6.45) is 1.17. The van der Waals surface area contributed by atoms with E-state index in [1.165, 1.54) is 17.8 Å². The molecule has 1 atom stereocenters. The monoisotopic (exact) mass is 194 g/mol. The van der Waals surface area contributed by atoms with Gasteiger partial charge in [-0.3, -0.25) is 4.68 Å². The van der Waals surface area contributed by atoms with E-state index in [9.17, 15) is 0 Å². The van der Waals surface area contributed by atoms with Crippen LogP contribution in [0.4, 0.5) is 0 Å². The number of hydrogen-bond donors (Lipinski definition) is 0. The van der Waals surface area contributed by atoms with E-state index in [1.807, 2.05) is 11.7 Å². The quantitative estimate of drug-likeness (QED) is 0.706. The lowest BCUT2D eigenvalue weighted by atomic mass is 9.91. The molecule has 0 aliphatic heterocycles. The number of nitrogens with zero attached hydrogens (tertiary/aromatic N) is 2. The maximum Gasteiger partial charge on any atom is 0.0680 e. The molecule has 1 unspecified atom stereocenters. The van der Waals surface area contributed by atoms with Crippen LogP contribution in [0.3, 0.4) is 0 Å². The summed E-state index contributed by atoms with van der Waals surface area (Å²) in [7, 11) is 2.04. The highest BCUT2D eigenvalue weighted by atomic mass is 15.3. The average molecular weight is 194 g/mol. The Bertz CT molecular complexity index is 305. The Morgan fingerprint density at radius 1 is 1.43 bits per heavy atom. The second-order valence-electron chi connectivity index (χ2n) is 5.14. The molecule has 2 heteroatoms. The molecule has 0 fully saturated rings. The molecule has 0 radical (unpaired) electrons. The first-order valence-corrected chi connectivity index (χ1v) is 5.40. The first-order valence-electron chi connectivity index (χ1n) is 5.40. The number of aromatic nitrogens is 2. The van der Waals surface area contributed by atoms with Gasteiger partial charge in [0.2, 0.25) is 0 Å². The molecule has 0 spiro atoms. The fourth-order valence-electron chi connectivity index (χ4n) is 1.52. The molecule has 2 nitrogen and oxygen atoms in total. The molecule has 1 aromatic rings. The molecule has 0 aliphatic carbocycles. The van der Waals surface area contributed by atoms with Crippen LogP contribution in [0.15, 0.2) is 6.07 Å². The number of rotatable bonds is 2. The fraction of sp³-hybridized carbons (Fsp3) is 0.750. The molecule has 0 saturated heterocycles. The predicted octanol–water partition coefficient (Wildman–Crippen LogP) is 3.23. The van der Waals surface area contributed by atoms with E-state index >= 15 is 0 Å². The Kier molecular flexibility index (Phi) is 3.03. The summed E-state index contributed by atoms with van der Waals surface area (Å²) >= 11 is 0. The molecule has 0 aliphatic rings. The summed E-state index contributed by atoms with van der Waals surface area (Å²) in [5.74, 6) is 0.601. The zero-order chi connectivity index (χ0) is 10.9. The Balaban J connectivity index is 3.05. The van der Waals surface area contributed by atoms with Gasteiger partial charge in [0.05, 0.1) is 5.69 Å². The van der Waals surface area contributed by atoms with Crippen molar-refractivity contribution in [1.29, 1.82) is 0 Å². The minimum atomic E-state index is 0.156. The lowest BCUT2D eigenvalue weighted by Crippen LogP contribution is -2.12. The van der Waals surface area contributed by atoms with Gasteiger partial charge < -0.3 is 0 Å². The predicted molar refractivity (Wildman–Crippen MR) is 60.6 cm³/mol. The molecule has 1 aromatic heterocycles. The van der Waals surface area contributed by atoms with Crippen LogP contribution in [0.1, 0.15) is 58.3 Å². The highest BCUT2D eigenvalue weighted by Crippen LogP contribution is 2.25. The van der Waals surface area contributed by atoms with Crippen molar-refractivity contribution in [2.75, 3.05) is 0 Å². The summed E-state index contributed by atoms with van der Waals surface area (Å²) in [6, 6.07) is 2.24. The fourth-order valence-corrected chi connectivity index (χ4v) is 1.52. The molecule has 0 N–H and O–H groups in total. The average Bonchev–Trinajstić information content (AvgIpc) is 2.45. The van der Waals surface area contributed by atoms with E-state index in [-0.39, 0.29) is 5.41 Å². The van der Waals surface area contributed by atoms with Crippen molar-refractivity contribution in [1.82, 2.24) is 9.78 Å². The van der Waals surface area contributed by atoms with Gasteiger partial charge in [0, 0.05) is 18.2 Å². The van der Waals surface area contributed by atoms with Gasteiger partial charge in [0.15, 0.2) is 0 Å². The third-order valence-corrected chi connectivity index (χ3v) is 2.80. The highest BCUT2D eigenvalue weighted by Gasteiger charge is 2.20. The molecule has 14 heavy (non-hydrogen) atoms. The van der Waals surface area contributed by atoms with E-state index in [0.717, 1.165) is 0 Å². The smallest absolute Gasteiger partial charge is 0.0680 e. The zero-order valence-electron chi connectivity index (χ0n) is 10.3. The van der Waals surface area contributed by atoms with Crippen LogP contribution in [0.25, 0.3) is 0 Å². The summed E-state index contributed by atoms with van der Waals surface area (Å²) in [4.78, 5) is 0. The van der Waals surface area contributed by atoms with Gasteiger partial charge in [-0.05, 0) is 18.4 Å². The molecular formula is C12H22N2. The minimum Gasteiger partial charge on any atom is -0.272 e. The van der Waals surface area contributed by atoms with Gasteiger partial charge in [-0.1, -0.05) is 34.6 Å². The molecule has 1 heterocycles. The van der Waals surface area contributed by atoms with Crippen molar-refractivity contribution >= 4 is 0 Å². The van der Waals surface area contributed by atoms with Gasteiger partial charge in [0.25, 0.3) is 0 Å². The summed E-state index contributed by atoms with van der Waals surface area (Å²) in [6.45, 7) is 11.1. The SMILES string of the molecule is CCC(C)c1cc(C(C)(C)C)nn1C. The summed E-state index contributed by atoms with van der Waals surface area (Å²) in [5.41, 5.74) is 2.69. The number of hydrogen-bond acceptors (Lipinski definition) is 1. The highest BCUT2D eigenvalue weighted by molar-refractivity contribution is 5.19. The first-order chi connectivity index (χ1) is 6.36. The van der Waals surface area contributed by atoms with E-state index < -0.39 is 0 Å². The Morgan fingerprint density at radius 3 is 2.36 bits per heavy atom. The largest absolute Gasteiger partial charge is 0.272 e. The molecule has 0 bridgehead atoms. The van der Waals surface area contributed by atoms with Crippen LogP contribution < -0.4 is 0 Å². The Hall–Kier alpha value is -0.790. The van der Waals surface area contributed by atoms with Gasteiger partial charge in [0.1, 0.15) is 0 Å². The number of aryl methyl sites for hydroxylation is 1. The normalized spacial score (nSPS) is 14.4. The Labute approximate surface area is 87.3 Å². The van der Waals surface area contributed by atoms with Crippen molar-refractivity contribution in [2.24, 2.45) is 7.05 Å². The molecule has 0 saturated carbocycles. The van der Waals surface area contributed by atoms with E-state index in [4.69, 9.17) is 0 Å². The van der Waals surface area contributed by atoms with Gasteiger partial charge in [-0.25, -0.2) is 0 Å². The van der Waals surface area contributed by atoms with Gasteiger partial charge >= 0.3 is 0 Å². The Morgan fingerprint density at radius 2 is 2.00 bits per heavy atom. The van der Waals surface area contributed by atoms with Crippen LogP contribution >= 0.6 is 0 Å². The lowest BCUT2D eigenvalue weighted by Gasteiger charge is -2.13. The molecule has 80 valence electrons. The third-order valence-electron chi connectivity index (χ3n) is 2.80. The van der Waals surface area contributed by atoms with Crippen LogP contribution in [-0.4, -0.2) is 9.78 Å². The summed E-state index contributed by atoms with van der Waals surface area (Å²) < 4.78 is 2.02. The van der Waals surface area contributed by atoms with Crippen LogP contribution in [-0.2, 0) is 12.5 Å². The maximum atomic E-state index is 4.57. The van der Waals surface area contributed by atoms with Gasteiger partial charge in [-0.2, -0.15) is 5.10 Å². The molecule has 0 amide bonds. The van der Waals surface area contributed by atoms with Crippen molar-refractivity contribution in [3.05, 3.63) is 17.5 Å². The van der Waals surface area contributed by atoms with Crippen molar-refractivity contribution in [3.8, 4) is 0 Å². The van der Waals surface area contributed by atoms with Crippen molar-refractivity contribution in [3.63, 3.8) is 0 Å². The van der Waals surface area contributed by atoms with Crippen LogP contribution in [0, 0.1) is 0 Å². The first kappa shape index (κ1) is 11.3. The van der Waals surface area contributed by atoms with E-state index in [1.54, 1.807) is 0 Å². The van der Waals surface area contributed by atoms with E-state index in [0.29, 0.717) is 5.92 Å². The van der Waals surface area contributed by atoms with Crippen LogP contribution in [0.5, 0.6) is 0 Å². The van der Waals surface area contributed by atoms with Crippen molar-refractivity contribution < 1.29 is 0 Å². The van der Waals surface area contributed by atoms with Gasteiger partial charge in [-0.15, -0.1) is 0 Å². The summed E-state index contributed by atoms with van der Waals surface area (Å²) in [5, 5.41) is 4.57. The standard InChI is InChI=1S/C12H22N2/c1-7-9(2)10-8-11(12(3,4)5)13-14(10)6/h8-9H,7H2,1-6H3. The molecule has 0 aromatic carbocycles. The minimum absolute atomic E-state index is 0.156. The zero-order valence-corrected chi connectivity index (χ0v) is 10.3. The lowest BCUT2D eigenvalue weighted by molar-refractivity contribution is 0.548. The van der Waals surface area contributed by atoms with Crippen LogP contribution in [0.2, 0.25) is 0 Å². The topological polar surface area (TPSA) is 17.8 Å². The van der Waals surface area contributed by atoms with Crippen molar-refractivity contribution in [2.45, 2.75) is 52.4 Å². The maximum absolute atomic E-state index is 4.57. The second kappa shape index (κ2) is 3.76. The second-order valence-corrected chi connectivity index (χ2v) is 5.14. The molecule has 1 rings (SSSR count).